The first-order chi connectivity index (χ1) is 17.1. The van der Waals surface area contributed by atoms with Crippen LogP contribution in [0, 0.1) is 5.82 Å². The summed E-state index contributed by atoms with van der Waals surface area (Å²) >= 11 is 5.46. The number of anilines is 1. The standard InChI is InChI=1S/C24H13Br2F8NO2/c25-16-10-14(22(28,23(29,30)31)24(32,33)34)11-17(26)20(16)35-21(37)15-8-4-7-13(19(15)27)9-18(36)12-5-2-1-3-6-12/h1-8,10-11H,9H2,(H,35,37). The number of alkyl halides is 7. The lowest BCUT2D eigenvalue weighted by Gasteiger charge is -2.31. The van der Waals surface area contributed by atoms with Gasteiger partial charge in [0.25, 0.3) is 5.91 Å². The summed E-state index contributed by atoms with van der Waals surface area (Å²) < 4.78 is 107. The average molecular weight is 659 g/mol. The third-order valence-corrected chi connectivity index (χ3v) is 6.48. The van der Waals surface area contributed by atoms with Crippen molar-refractivity contribution in [1.82, 2.24) is 0 Å². The number of rotatable bonds is 6. The minimum atomic E-state index is -6.34. The minimum Gasteiger partial charge on any atom is -0.320 e. The number of nitrogens with one attached hydrogen (secondary N) is 1. The van der Waals surface area contributed by atoms with Gasteiger partial charge in [-0.2, -0.15) is 26.3 Å². The third-order valence-electron chi connectivity index (χ3n) is 5.23. The lowest BCUT2D eigenvalue weighted by molar-refractivity contribution is -0.348. The van der Waals surface area contributed by atoms with Gasteiger partial charge in [0.15, 0.2) is 5.78 Å². The highest BCUT2D eigenvalue weighted by Crippen LogP contribution is 2.54. The summed E-state index contributed by atoms with van der Waals surface area (Å²) in [5, 5.41) is 2.16. The fourth-order valence-electron chi connectivity index (χ4n) is 3.35. The summed E-state index contributed by atoms with van der Waals surface area (Å²) in [6.07, 6.45) is -13.1. The number of carbonyl (C=O) groups excluding carboxylic acids is 2. The van der Waals surface area contributed by atoms with E-state index < -0.39 is 55.6 Å². The molecule has 0 unspecified atom stereocenters. The maximum atomic E-state index is 15.0. The molecule has 1 N–H and O–H groups in total. The molecule has 196 valence electrons. The van der Waals surface area contributed by atoms with Crippen LogP contribution in [0.2, 0.25) is 0 Å². The molecule has 13 heteroatoms. The molecule has 0 aliphatic carbocycles. The van der Waals surface area contributed by atoms with E-state index in [0.29, 0.717) is 5.56 Å². The van der Waals surface area contributed by atoms with Crippen LogP contribution < -0.4 is 5.32 Å². The van der Waals surface area contributed by atoms with E-state index in [1.54, 1.807) is 18.2 Å². The number of benzene rings is 3. The van der Waals surface area contributed by atoms with Crippen LogP contribution in [-0.4, -0.2) is 24.0 Å². The van der Waals surface area contributed by atoms with E-state index >= 15 is 4.39 Å². The Bertz CT molecular complexity index is 1300. The summed E-state index contributed by atoms with van der Waals surface area (Å²) in [7, 11) is 0. The predicted molar refractivity (Wildman–Crippen MR) is 126 cm³/mol. The predicted octanol–water partition coefficient (Wildman–Crippen LogP) is 8.32. The Kier molecular flexibility index (Phi) is 8.18. The molecule has 0 fully saturated rings. The Hall–Kier alpha value is -2.80. The van der Waals surface area contributed by atoms with E-state index in [2.05, 4.69) is 37.2 Å². The summed E-state index contributed by atoms with van der Waals surface area (Å²) in [6.45, 7) is 0. The molecular formula is C24H13Br2F8NO2. The van der Waals surface area contributed by atoms with Crippen LogP contribution in [0.1, 0.15) is 31.8 Å². The van der Waals surface area contributed by atoms with Gasteiger partial charge in [0.05, 0.1) is 11.3 Å². The Labute approximate surface area is 221 Å². The fourth-order valence-corrected chi connectivity index (χ4v) is 4.74. The molecule has 3 nitrogen and oxygen atoms in total. The quantitative estimate of drug-likeness (QED) is 0.214. The summed E-state index contributed by atoms with van der Waals surface area (Å²) in [5.74, 6) is -2.61. The molecule has 3 rings (SSSR count). The first-order valence-electron chi connectivity index (χ1n) is 10.1. The maximum absolute atomic E-state index is 15.0. The molecule has 0 saturated carbocycles. The van der Waals surface area contributed by atoms with Crippen LogP contribution in [-0.2, 0) is 12.1 Å². The van der Waals surface area contributed by atoms with Crippen molar-refractivity contribution in [1.29, 1.82) is 0 Å². The molecule has 0 aliphatic heterocycles. The van der Waals surface area contributed by atoms with Crippen molar-refractivity contribution in [3.05, 3.63) is 97.7 Å². The van der Waals surface area contributed by atoms with Crippen molar-refractivity contribution in [2.24, 2.45) is 0 Å². The average Bonchev–Trinajstić information content (AvgIpc) is 2.81. The van der Waals surface area contributed by atoms with Gasteiger partial charge >= 0.3 is 18.0 Å². The van der Waals surface area contributed by atoms with Crippen LogP contribution in [0.4, 0.5) is 40.8 Å². The second-order valence-corrected chi connectivity index (χ2v) is 9.38. The Morgan fingerprint density at radius 1 is 0.784 bits per heavy atom. The lowest BCUT2D eigenvalue weighted by atomic mass is 9.94. The first kappa shape index (κ1) is 28.8. The Morgan fingerprint density at radius 2 is 1.32 bits per heavy atom. The van der Waals surface area contributed by atoms with Crippen LogP contribution >= 0.6 is 31.9 Å². The van der Waals surface area contributed by atoms with E-state index in [0.717, 1.165) is 6.07 Å². The number of hydrogen-bond donors (Lipinski definition) is 1. The number of carbonyl (C=O) groups is 2. The van der Waals surface area contributed by atoms with Gasteiger partial charge in [-0.25, -0.2) is 8.78 Å². The molecule has 0 radical (unpaired) electrons. The summed E-state index contributed by atoms with van der Waals surface area (Å²) in [4.78, 5) is 25.1. The second-order valence-electron chi connectivity index (χ2n) is 7.67. The van der Waals surface area contributed by atoms with E-state index in [1.807, 2.05) is 0 Å². The molecule has 37 heavy (non-hydrogen) atoms. The highest BCUT2D eigenvalue weighted by Gasteiger charge is 2.73. The second kappa shape index (κ2) is 10.5. The number of Topliss-reactive ketones (excluding diaryl/α,β-unsaturated/α-hetero) is 1. The number of halogens is 10. The monoisotopic (exact) mass is 657 g/mol. The third kappa shape index (κ3) is 5.71. The van der Waals surface area contributed by atoms with Gasteiger partial charge in [-0.1, -0.05) is 42.5 Å². The van der Waals surface area contributed by atoms with Gasteiger partial charge in [0.2, 0.25) is 0 Å². The number of ketones is 1. The molecule has 3 aromatic carbocycles. The molecule has 0 atom stereocenters. The first-order valence-corrected chi connectivity index (χ1v) is 11.7. The molecule has 0 spiro atoms. The smallest absolute Gasteiger partial charge is 0.320 e. The SMILES string of the molecule is O=C(Cc1cccc(C(=O)Nc2c(Br)cc(C(F)(C(F)(F)F)C(F)(F)F)cc2Br)c1F)c1ccccc1. The van der Waals surface area contributed by atoms with Crippen molar-refractivity contribution in [2.45, 2.75) is 24.4 Å². The number of amides is 1. The molecule has 3 aromatic rings. The van der Waals surface area contributed by atoms with Crippen LogP contribution in [0.3, 0.4) is 0 Å². The van der Waals surface area contributed by atoms with Crippen molar-refractivity contribution in [3.63, 3.8) is 0 Å². The van der Waals surface area contributed by atoms with Crippen LogP contribution in [0.25, 0.3) is 0 Å². The topological polar surface area (TPSA) is 46.2 Å². The fraction of sp³-hybridized carbons (Fsp3) is 0.167. The molecule has 0 bridgehead atoms. The van der Waals surface area contributed by atoms with E-state index in [1.165, 1.54) is 24.3 Å². The van der Waals surface area contributed by atoms with Crippen molar-refractivity contribution in [2.75, 3.05) is 5.32 Å². The van der Waals surface area contributed by atoms with Gasteiger partial charge in [0, 0.05) is 26.5 Å². The maximum Gasteiger partial charge on any atom is 0.435 e. The Morgan fingerprint density at radius 3 is 1.84 bits per heavy atom. The van der Waals surface area contributed by atoms with Crippen LogP contribution in [0.15, 0.2) is 69.6 Å². The normalized spacial score (nSPS) is 12.4. The van der Waals surface area contributed by atoms with Crippen molar-refractivity contribution in [3.8, 4) is 0 Å². The summed E-state index contributed by atoms with van der Waals surface area (Å²) in [5.41, 5.74) is -8.23. The van der Waals surface area contributed by atoms with Crippen LogP contribution in [0.5, 0.6) is 0 Å². The van der Waals surface area contributed by atoms with E-state index in [9.17, 15) is 40.3 Å². The Balaban J connectivity index is 1.92. The van der Waals surface area contributed by atoms with Gasteiger partial charge in [-0.3, -0.25) is 9.59 Å². The van der Waals surface area contributed by atoms with E-state index in [-0.39, 0.29) is 29.8 Å². The lowest BCUT2D eigenvalue weighted by Crippen LogP contribution is -2.50. The highest BCUT2D eigenvalue weighted by atomic mass is 79.9. The van der Waals surface area contributed by atoms with Crippen molar-refractivity contribution >= 4 is 49.2 Å². The zero-order valence-electron chi connectivity index (χ0n) is 18.1. The molecule has 0 saturated heterocycles. The van der Waals surface area contributed by atoms with Gasteiger partial charge in [0.1, 0.15) is 5.82 Å². The van der Waals surface area contributed by atoms with E-state index in [4.69, 9.17) is 0 Å². The highest BCUT2D eigenvalue weighted by molar-refractivity contribution is 9.11. The molecular weight excluding hydrogens is 646 g/mol. The zero-order chi connectivity index (χ0) is 27.8. The minimum absolute atomic E-state index is 0.118. The molecule has 0 aliphatic rings. The zero-order valence-corrected chi connectivity index (χ0v) is 21.2. The largest absolute Gasteiger partial charge is 0.435 e. The molecule has 0 heterocycles. The molecule has 1 amide bonds. The summed E-state index contributed by atoms with van der Waals surface area (Å²) in [6, 6.07) is 12.0. The molecule has 0 aromatic heterocycles. The van der Waals surface area contributed by atoms with Gasteiger partial charge in [-0.15, -0.1) is 0 Å². The number of hydrogen-bond acceptors (Lipinski definition) is 2. The van der Waals surface area contributed by atoms with Gasteiger partial charge in [-0.05, 0) is 55.6 Å². The van der Waals surface area contributed by atoms with Crippen molar-refractivity contribution < 1.29 is 44.7 Å². The van der Waals surface area contributed by atoms with Gasteiger partial charge < -0.3 is 5.32 Å².